The number of likely N-dealkylation sites (N-methyl/N-ethyl adjacent to an activating group) is 1. The molecule has 4 heteroatoms. The molecule has 2 aromatic rings. The van der Waals surface area contributed by atoms with Crippen LogP contribution in [0.2, 0.25) is 0 Å². The summed E-state index contributed by atoms with van der Waals surface area (Å²) in [4.78, 5) is 0. The predicted molar refractivity (Wildman–Crippen MR) is 79.6 cm³/mol. The summed E-state index contributed by atoms with van der Waals surface area (Å²) in [5.41, 5.74) is 2.84. The van der Waals surface area contributed by atoms with Crippen molar-refractivity contribution >= 4 is 0 Å². The van der Waals surface area contributed by atoms with Gasteiger partial charge in [-0.3, -0.25) is 0 Å². The molecule has 0 amide bonds. The van der Waals surface area contributed by atoms with Gasteiger partial charge in [0.1, 0.15) is 5.75 Å². The van der Waals surface area contributed by atoms with Crippen LogP contribution < -0.4 is 10.1 Å². The second kappa shape index (κ2) is 6.68. The van der Waals surface area contributed by atoms with Gasteiger partial charge >= 0.3 is 0 Å². The molecule has 0 radical (unpaired) electrons. The Morgan fingerprint density at radius 1 is 1.10 bits per heavy atom. The van der Waals surface area contributed by atoms with Crippen molar-refractivity contribution in [3.05, 3.63) is 64.7 Å². The second-order valence-corrected chi connectivity index (χ2v) is 5.04. The van der Waals surface area contributed by atoms with E-state index in [-0.39, 0.29) is 6.04 Å². The van der Waals surface area contributed by atoms with Crippen molar-refractivity contribution in [3.63, 3.8) is 0 Å². The van der Waals surface area contributed by atoms with Crippen molar-refractivity contribution in [1.29, 1.82) is 0 Å². The fourth-order valence-electron chi connectivity index (χ4n) is 2.38. The van der Waals surface area contributed by atoms with Gasteiger partial charge in [0.05, 0.1) is 7.11 Å². The minimum atomic E-state index is -0.826. The van der Waals surface area contributed by atoms with Crippen LogP contribution in [0.5, 0.6) is 5.75 Å². The quantitative estimate of drug-likeness (QED) is 0.905. The zero-order valence-electron chi connectivity index (χ0n) is 12.4. The van der Waals surface area contributed by atoms with Crippen LogP contribution in [-0.2, 0) is 6.42 Å². The second-order valence-electron chi connectivity index (χ2n) is 5.04. The maximum Gasteiger partial charge on any atom is 0.159 e. The zero-order valence-corrected chi connectivity index (χ0v) is 12.4. The molecule has 112 valence electrons. The van der Waals surface area contributed by atoms with Gasteiger partial charge in [-0.25, -0.2) is 8.78 Å². The van der Waals surface area contributed by atoms with Crippen LogP contribution in [0.4, 0.5) is 8.78 Å². The molecule has 0 spiro atoms. The van der Waals surface area contributed by atoms with Gasteiger partial charge in [0.2, 0.25) is 0 Å². The molecule has 0 fully saturated rings. The van der Waals surface area contributed by atoms with E-state index in [4.69, 9.17) is 4.74 Å². The number of hydrogen-bond acceptors (Lipinski definition) is 2. The molecule has 0 saturated carbocycles. The van der Waals surface area contributed by atoms with E-state index in [0.29, 0.717) is 6.42 Å². The third-order valence-electron chi connectivity index (χ3n) is 3.54. The Labute approximate surface area is 123 Å². The van der Waals surface area contributed by atoms with Crippen LogP contribution in [0.25, 0.3) is 0 Å². The first-order chi connectivity index (χ1) is 10.0. The van der Waals surface area contributed by atoms with Gasteiger partial charge in [-0.05, 0) is 49.7 Å². The average Bonchev–Trinajstić information content (AvgIpc) is 2.48. The Hall–Kier alpha value is -1.94. The van der Waals surface area contributed by atoms with Crippen molar-refractivity contribution in [1.82, 2.24) is 5.32 Å². The lowest BCUT2D eigenvalue weighted by Crippen LogP contribution is -2.19. The third kappa shape index (κ3) is 3.58. The Morgan fingerprint density at radius 2 is 1.86 bits per heavy atom. The number of halogens is 2. The van der Waals surface area contributed by atoms with Crippen LogP contribution in [0.3, 0.4) is 0 Å². The number of nitrogens with one attached hydrogen (secondary N) is 1. The molecule has 0 bridgehead atoms. The molecular weight excluding hydrogens is 272 g/mol. The number of ether oxygens (including phenoxy) is 1. The van der Waals surface area contributed by atoms with Crippen LogP contribution in [0.1, 0.15) is 22.7 Å². The fourth-order valence-corrected chi connectivity index (χ4v) is 2.38. The Bertz CT molecular complexity index is 628. The zero-order chi connectivity index (χ0) is 15.4. The smallest absolute Gasteiger partial charge is 0.159 e. The topological polar surface area (TPSA) is 21.3 Å². The molecule has 0 aliphatic carbocycles. The molecule has 2 aromatic carbocycles. The van der Waals surface area contributed by atoms with Crippen LogP contribution in [0, 0.1) is 18.6 Å². The average molecular weight is 291 g/mol. The highest BCUT2D eigenvalue weighted by atomic mass is 19.2. The molecule has 1 unspecified atom stereocenters. The molecule has 0 aromatic heterocycles. The largest absolute Gasteiger partial charge is 0.496 e. The van der Waals surface area contributed by atoms with E-state index >= 15 is 0 Å². The van der Waals surface area contributed by atoms with Crippen molar-refractivity contribution < 1.29 is 13.5 Å². The van der Waals surface area contributed by atoms with Gasteiger partial charge in [-0.2, -0.15) is 0 Å². The van der Waals surface area contributed by atoms with Crippen LogP contribution >= 0.6 is 0 Å². The molecule has 1 atom stereocenters. The Balaban J connectivity index is 2.29. The normalized spacial score (nSPS) is 12.2. The number of methoxy groups -OCH3 is 1. The van der Waals surface area contributed by atoms with E-state index in [1.807, 2.05) is 32.2 Å². The Morgan fingerprint density at radius 3 is 2.48 bits per heavy atom. The summed E-state index contributed by atoms with van der Waals surface area (Å²) >= 11 is 0. The highest BCUT2D eigenvalue weighted by Gasteiger charge is 2.16. The van der Waals surface area contributed by atoms with E-state index in [1.54, 1.807) is 13.2 Å². The predicted octanol–water partition coefficient (Wildman–Crippen LogP) is 3.79. The summed E-state index contributed by atoms with van der Waals surface area (Å²) in [6.07, 6.45) is 0.549. The third-order valence-corrected chi connectivity index (χ3v) is 3.54. The van der Waals surface area contributed by atoms with E-state index in [9.17, 15) is 8.78 Å². The molecule has 0 aliphatic rings. The first-order valence-corrected chi connectivity index (χ1v) is 6.81. The van der Waals surface area contributed by atoms with E-state index in [0.717, 1.165) is 28.5 Å². The Kier molecular flexibility index (Phi) is 4.91. The standard InChI is InChI=1S/C17H19F2NO/c1-11-4-6-13(17(8-11)21-3)16(20-2)10-12-5-7-14(18)15(19)9-12/h4-9,16,20H,10H2,1-3H3. The summed E-state index contributed by atoms with van der Waals surface area (Å²) in [5.74, 6) is -0.858. The lowest BCUT2D eigenvalue weighted by molar-refractivity contribution is 0.400. The maximum atomic E-state index is 13.3. The minimum Gasteiger partial charge on any atom is -0.496 e. The SMILES string of the molecule is CNC(Cc1ccc(F)c(F)c1)c1ccc(C)cc1OC. The van der Waals surface area contributed by atoms with Gasteiger partial charge in [0.15, 0.2) is 11.6 Å². The van der Waals surface area contributed by atoms with Gasteiger partial charge in [-0.1, -0.05) is 18.2 Å². The van der Waals surface area contributed by atoms with Gasteiger partial charge in [0, 0.05) is 11.6 Å². The summed E-state index contributed by atoms with van der Waals surface area (Å²) in [6.45, 7) is 2.00. The lowest BCUT2D eigenvalue weighted by Gasteiger charge is -2.20. The van der Waals surface area contributed by atoms with Crippen molar-refractivity contribution in [2.45, 2.75) is 19.4 Å². The van der Waals surface area contributed by atoms with E-state index in [2.05, 4.69) is 5.32 Å². The van der Waals surface area contributed by atoms with Crippen molar-refractivity contribution in [2.24, 2.45) is 0 Å². The first-order valence-electron chi connectivity index (χ1n) is 6.81. The number of hydrogen-bond donors (Lipinski definition) is 1. The molecule has 2 nitrogen and oxygen atoms in total. The summed E-state index contributed by atoms with van der Waals surface area (Å²) < 4.78 is 31.7. The van der Waals surface area contributed by atoms with Crippen molar-refractivity contribution in [2.75, 3.05) is 14.2 Å². The van der Waals surface area contributed by atoms with E-state index in [1.165, 1.54) is 6.07 Å². The molecule has 0 heterocycles. The lowest BCUT2D eigenvalue weighted by atomic mass is 9.97. The number of rotatable bonds is 5. The van der Waals surface area contributed by atoms with Gasteiger partial charge in [-0.15, -0.1) is 0 Å². The minimum absolute atomic E-state index is 0.0367. The van der Waals surface area contributed by atoms with Crippen molar-refractivity contribution in [3.8, 4) is 5.75 Å². The monoisotopic (exact) mass is 291 g/mol. The first kappa shape index (κ1) is 15.4. The molecule has 2 rings (SSSR count). The molecule has 21 heavy (non-hydrogen) atoms. The highest BCUT2D eigenvalue weighted by molar-refractivity contribution is 5.40. The van der Waals surface area contributed by atoms with Gasteiger partial charge < -0.3 is 10.1 Å². The maximum absolute atomic E-state index is 13.3. The summed E-state index contributed by atoms with van der Waals surface area (Å²) in [6, 6.07) is 9.92. The summed E-state index contributed by atoms with van der Waals surface area (Å²) in [5, 5.41) is 3.20. The van der Waals surface area contributed by atoms with Gasteiger partial charge in [0.25, 0.3) is 0 Å². The van der Waals surface area contributed by atoms with Crippen LogP contribution in [0.15, 0.2) is 36.4 Å². The molecule has 1 N–H and O–H groups in total. The van der Waals surface area contributed by atoms with Crippen LogP contribution in [-0.4, -0.2) is 14.2 Å². The van der Waals surface area contributed by atoms with E-state index < -0.39 is 11.6 Å². The summed E-state index contributed by atoms with van der Waals surface area (Å²) in [7, 11) is 3.46. The molecule has 0 saturated heterocycles. The highest BCUT2D eigenvalue weighted by Crippen LogP contribution is 2.28. The number of aryl methyl sites for hydroxylation is 1. The fraction of sp³-hybridized carbons (Fsp3) is 0.294. The number of benzene rings is 2. The molecular formula is C17H19F2NO. The molecule has 0 aliphatic heterocycles.